The van der Waals surface area contributed by atoms with E-state index in [1.54, 1.807) is 6.07 Å². The Morgan fingerprint density at radius 3 is 2.37 bits per heavy atom. The van der Waals surface area contributed by atoms with Crippen molar-refractivity contribution in [2.24, 2.45) is 0 Å². The number of nitrogens with one attached hydrogen (secondary N) is 1. The molecule has 0 bridgehead atoms. The van der Waals surface area contributed by atoms with Crippen LogP contribution >= 0.6 is 11.6 Å². The van der Waals surface area contributed by atoms with Crippen molar-refractivity contribution in [3.05, 3.63) is 58.9 Å². The van der Waals surface area contributed by atoms with Gasteiger partial charge in [-0.15, -0.1) is 0 Å². The summed E-state index contributed by atoms with van der Waals surface area (Å²) in [5.74, 6) is -1.31. The third kappa shape index (κ3) is 7.57. The van der Waals surface area contributed by atoms with E-state index in [4.69, 9.17) is 16.3 Å². The van der Waals surface area contributed by atoms with Gasteiger partial charge >= 0.3 is 0 Å². The van der Waals surface area contributed by atoms with Crippen LogP contribution in [-0.2, 0) is 26.2 Å². The molecule has 0 aliphatic carbocycles. The lowest BCUT2D eigenvalue weighted by Gasteiger charge is -2.32. The third-order valence-electron chi connectivity index (χ3n) is 5.57. The largest absolute Gasteiger partial charge is 0.495 e. The van der Waals surface area contributed by atoms with Gasteiger partial charge in [-0.2, -0.15) is 0 Å². The minimum absolute atomic E-state index is 0.135. The highest BCUT2D eigenvalue weighted by Crippen LogP contribution is 2.30. The molecule has 0 aliphatic rings. The SMILES string of the molecule is CC[C@H](C)NC(=O)[C@@H](C)N(Cc1ccccc1F)C(=O)CN(c1ccc(OC)c(Cl)c1)S(C)(=O)=O. The summed E-state index contributed by atoms with van der Waals surface area (Å²) in [6.07, 6.45) is 1.64. The van der Waals surface area contributed by atoms with Crippen LogP contribution in [0.25, 0.3) is 0 Å². The summed E-state index contributed by atoms with van der Waals surface area (Å²) in [7, 11) is -2.50. The van der Waals surface area contributed by atoms with Crippen LogP contribution in [0.15, 0.2) is 42.5 Å². The van der Waals surface area contributed by atoms with Crippen molar-refractivity contribution in [3.63, 3.8) is 0 Å². The fourth-order valence-corrected chi connectivity index (χ4v) is 4.38. The summed E-state index contributed by atoms with van der Waals surface area (Å²) >= 11 is 6.17. The lowest BCUT2D eigenvalue weighted by atomic mass is 10.1. The van der Waals surface area contributed by atoms with Crippen molar-refractivity contribution >= 4 is 39.1 Å². The Bertz CT molecular complexity index is 1160. The number of hydrogen-bond acceptors (Lipinski definition) is 5. The maximum atomic E-state index is 14.4. The highest BCUT2D eigenvalue weighted by Gasteiger charge is 2.31. The quantitative estimate of drug-likeness (QED) is 0.482. The minimum Gasteiger partial charge on any atom is -0.495 e. The Morgan fingerprint density at radius 2 is 1.83 bits per heavy atom. The van der Waals surface area contributed by atoms with E-state index in [1.807, 2.05) is 13.8 Å². The zero-order valence-electron chi connectivity index (χ0n) is 20.4. The number of anilines is 1. The molecule has 8 nitrogen and oxygen atoms in total. The zero-order valence-corrected chi connectivity index (χ0v) is 22.0. The van der Waals surface area contributed by atoms with Gasteiger partial charge in [0.05, 0.1) is 24.1 Å². The standard InChI is InChI=1S/C24H31ClFN3O5S/c1-6-16(2)27-24(31)17(3)28(14-18-9-7-8-10-21(18)26)23(30)15-29(35(5,32)33)19-11-12-22(34-4)20(25)13-19/h7-13,16-17H,6,14-15H2,1-5H3,(H,27,31)/t16-,17+/m0/s1. The lowest BCUT2D eigenvalue weighted by Crippen LogP contribution is -2.52. The molecule has 2 amide bonds. The molecular formula is C24H31ClFN3O5S. The Labute approximate surface area is 211 Å². The predicted octanol–water partition coefficient (Wildman–Crippen LogP) is 3.59. The number of hydrogen-bond donors (Lipinski definition) is 1. The first kappa shape index (κ1) is 28.4. The van der Waals surface area contributed by atoms with Crippen LogP contribution in [-0.4, -0.2) is 57.1 Å². The number of carbonyl (C=O) groups is 2. The molecule has 0 fully saturated rings. The first-order valence-corrected chi connectivity index (χ1v) is 13.3. The number of nitrogens with zero attached hydrogens (tertiary/aromatic N) is 2. The van der Waals surface area contributed by atoms with E-state index in [9.17, 15) is 22.4 Å². The van der Waals surface area contributed by atoms with E-state index in [2.05, 4.69) is 5.32 Å². The molecule has 0 aliphatic heterocycles. The highest BCUT2D eigenvalue weighted by atomic mass is 35.5. The Kier molecular flexibility index (Phi) is 9.91. The number of methoxy groups -OCH3 is 1. The lowest BCUT2D eigenvalue weighted by molar-refractivity contribution is -0.139. The average molecular weight is 528 g/mol. The summed E-state index contributed by atoms with van der Waals surface area (Å²) in [6, 6.07) is 9.08. The fraction of sp³-hybridized carbons (Fsp3) is 0.417. The van der Waals surface area contributed by atoms with E-state index in [0.717, 1.165) is 10.6 Å². The second-order valence-corrected chi connectivity index (χ2v) is 10.5. The zero-order chi connectivity index (χ0) is 26.3. The van der Waals surface area contributed by atoms with Gasteiger partial charge in [0, 0.05) is 18.2 Å². The summed E-state index contributed by atoms with van der Waals surface area (Å²) in [4.78, 5) is 27.5. The number of rotatable bonds is 11. The van der Waals surface area contributed by atoms with Crippen LogP contribution in [0.3, 0.4) is 0 Å². The summed E-state index contributed by atoms with van der Waals surface area (Å²) in [5, 5.41) is 2.97. The van der Waals surface area contributed by atoms with Crippen molar-refractivity contribution in [2.45, 2.75) is 45.8 Å². The van der Waals surface area contributed by atoms with Crippen molar-refractivity contribution in [2.75, 3.05) is 24.2 Å². The van der Waals surface area contributed by atoms with E-state index in [1.165, 1.54) is 55.3 Å². The third-order valence-corrected chi connectivity index (χ3v) is 7.01. The molecule has 2 aromatic carbocycles. The predicted molar refractivity (Wildman–Crippen MR) is 135 cm³/mol. The van der Waals surface area contributed by atoms with E-state index in [-0.39, 0.29) is 28.9 Å². The van der Waals surface area contributed by atoms with Crippen LogP contribution in [0.4, 0.5) is 10.1 Å². The average Bonchev–Trinajstić information content (AvgIpc) is 2.80. The van der Waals surface area contributed by atoms with Gasteiger partial charge < -0.3 is 15.0 Å². The maximum absolute atomic E-state index is 14.4. The summed E-state index contributed by atoms with van der Waals surface area (Å²) < 4.78 is 45.6. The minimum atomic E-state index is -3.92. The molecule has 0 saturated heterocycles. The molecular weight excluding hydrogens is 497 g/mol. The molecule has 1 N–H and O–H groups in total. The number of halogens is 2. The molecule has 0 saturated carbocycles. The van der Waals surface area contributed by atoms with Gasteiger partial charge in [0.25, 0.3) is 0 Å². The van der Waals surface area contributed by atoms with Crippen molar-refractivity contribution in [3.8, 4) is 5.75 Å². The molecule has 2 aromatic rings. The topological polar surface area (TPSA) is 96.0 Å². The monoisotopic (exact) mass is 527 g/mol. The Balaban J connectivity index is 2.43. The van der Waals surface area contributed by atoms with Gasteiger partial charge in [0.2, 0.25) is 21.8 Å². The van der Waals surface area contributed by atoms with Gasteiger partial charge in [0.15, 0.2) is 0 Å². The second-order valence-electron chi connectivity index (χ2n) is 8.20. The number of carbonyl (C=O) groups excluding carboxylic acids is 2. The fourth-order valence-electron chi connectivity index (χ4n) is 3.28. The van der Waals surface area contributed by atoms with E-state index in [0.29, 0.717) is 12.2 Å². The van der Waals surface area contributed by atoms with Crippen molar-refractivity contribution in [1.82, 2.24) is 10.2 Å². The van der Waals surface area contributed by atoms with Gasteiger partial charge in [0.1, 0.15) is 24.2 Å². The van der Waals surface area contributed by atoms with Crippen LogP contribution < -0.4 is 14.4 Å². The second kappa shape index (κ2) is 12.2. The van der Waals surface area contributed by atoms with Crippen LogP contribution in [0, 0.1) is 5.82 Å². The molecule has 0 radical (unpaired) electrons. The van der Waals surface area contributed by atoms with Gasteiger partial charge in [-0.1, -0.05) is 36.7 Å². The highest BCUT2D eigenvalue weighted by molar-refractivity contribution is 7.92. The summed E-state index contributed by atoms with van der Waals surface area (Å²) in [5.41, 5.74) is 0.344. The molecule has 2 atom stereocenters. The number of ether oxygens (including phenoxy) is 1. The number of sulfonamides is 1. The molecule has 192 valence electrons. The smallest absolute Gasteiger partial charge is 0.244 e. The Morgan fingerprint density at radius 1 is 1.17 bits per heavy atom. The molecule has 0 heterocycles. The summed E-state index contributed by atoms with van der Waals surface area (Å²) in [6.45, 7) is 4.41. The number of amides is 2. The van der Waals surface area contributed by atoms with E-state index >= 15 is 0 Å². The molecule has 2 rings (SSSR count). The van der Waals surface area contributed by atoms with Gasteiger partial charge in [-0.25, -0.2) is 12.8 Å². The van der Waals surface area contributed by atoms with E-state index < -0.39 is 40.2 Å². The first-order valence-electron chi connectivity index (χ1n) is 11.0. The van der Waals surface area contributed by atoms with Gasteiger partial charge in [-0.3, -0.25) is 13.9 Å². The molecule has 0 aromatic heterocycles. The number of benzene rings is 2. The Hall–Kier alpha value is -2.85. The van der Waals surface area contributed by atoms with Gasteiger partial charge in [-0.05, 0) is 44.5 Å². The maximum Gasteiger partial charge on any atom is 0.244 e. The van der Waals surface area contributed by atoms with Crippen LogP contribution in [0.2, 0.25) is 5.02 Å². The molecule has 0 spiro atoms. The van der Waals surface area contributed by atoms with Crippen molar-refractivity contribution in [1.29, 1.82) is 0 Å². The molecule has 35 heavy (non-hydrogen) atoms. The van der Waals surface area contributed by atoms with Crippen molar-refractivity contribution < 1.29 is 27.1 Å². The first-order chi connectivity index (χ1) is 16.4. The molecule has 0 unspecified atom stereocenters. The van der Waals surface area contributed by atoms with Crippen LogP contribution in [0.1, 0.15) is 32.8 Å². The molecule has 11 heteroatoms. The van der Waals surface area contributed by atoms with Crippen LogP contribution in [0.5, 0.6) is 5.75 Å². The normalized spacial score (nSPS) is 13.0.